The minimum Gasteiger partial charge on any atom is -0.461 e. The van der Waals surface area contributed by atoms with E-state index in [0.717, 1.165) is 0 Å². The van der Waals surface area contributed by atoms with Gasteiger partial charge in [-0.25, -0.2) is 14.5 Å². The molecule has 2 rings (SSSR count). The topological polar surface area (TPSA) is 87.7 Å². The standard InChI is InChI=1S/C10H11F3N6O2/c1-3-21-9(20)7-8(10(11,12)13)19(17-16-7)4-6-14-5-15-18(6)2/h5H,3-4H2,1-2H3. The Bertz CT molecular complexity index is 648. The Kier molecular flexibility index (Phi) is 3.91. The molecule has 2 aromatic rings. The van der Waals surface area contributed by atoms with E-state index in [4.69, 9.17) is 0 Å². The number of aromatic nitrogens is 6. The molecule has 0 amide bonds. The monoisotopic (exact) mass is 304 g/mol. The zero-order valence-corrected chi connectivity index (χ0v) is 11.1. The van der Waals surface area contributed by atoms with Crippen LogP contribution in [-0.4, -0.2) is 42.3 Å². The highest BCUT2D eigenvalue weighted by Crippen LogP contribution is 2.31. The minimum atomic E-state index is -4.80. The van der Waals surface area contributed by atoms with Crippen LogP contribution in [0.25, 0.3) is 0 Å². The highest BCUT2D eigenvalue weighted by Gasteiger charge is 2.42. The molecule has 11 heteroatoms. The van der Waals surface area contributed by atoms with Gasteiger partial charge >= 0.3 is 12.1 Å². The van der Waals surface area contributed by atoms with Gasteiger partial charge in [0.2, 0.25) is 5.69 Å². The number of aryl methyl sites for hydroxylation is 1. The molecule has 0 radical (unpaired) electrons. The third-order valence-corrected chi connectivity index (χ3v) is 2.57. The number of esters is 1. The number of carbonyl (C=O) groups excluding carboxylic acids is 1. The second-order valence-corrected chi connectivity index (χ2v) is 3.96. The van der Waals surface area contributed by atoms with Crippen molar-refractivity contribution in [2.45, 2.75) is 19.6 Å². The van der Waals surface area contributed by atoms with E-state index < -0.39 is 23.5 Å². The van der Waals surface area contributed by atoms with Gasteiger partial charge in [0.05, 0.1) is 6.61 Å². The van der Waals surface area contributed by atoms with E-state index in [2.05, 4.69) is 25.1 Å². The first kappa shape index (κ1) is 14.9. The van der Waals surface area contributed by atoms with Crippen LogP contribution >= 0.6 is 0 Å². The number of nitrogens with zero attached hydrogens (tertiary/aromatic N) is 6. The quantitative estimate of drug-likeness (QED) is 0.771. The van der Waals surface area contributed by atoms with Crippen molar-refractivity contribution in [3.8, 4) is 0 Å². The van der Waals surface area contributed by atoms with E-state index >= 15 is 0 Å². The summed E-state index contributed by atoms with van der Waals surface area (Å²) in [5.74, 6) is -0.935. The molecule has 8 nitrogen and oxygen atoms in total. The fourth-order valence-corrected chi connectivity index (χ4v) is 1.64. The molecule has 2 heterocycles. The second-order valence-electron chi connectivity index (χ2n) is 3.96. The highest BCUT2D eigenvalue weighted by atomic mass is 19.4. The Balaban J connectivity index is 2.42. The molecule has 0 N–H and O–H groups in total. The summed E-state index contributed by atoms with van der Waals surface area (Å²) >= 11 is 0. The Morgan fingerprint density at radius 3 is 2.67 bits per heavy atom. The average Bonchev–Trinajstić information content (AvgIpc) is 2.97. The lowest BCUT2D eigenvalue weighted by atomic mass is 10.3. The van der Waals surface area contributed by atoms with Crippen LogP contribution in [0.4, 0.5) is 13.2 Å². The van der Waals surface area contributed by atoms with E-state index in [9.17, 15) is 18.0 Å². The Morgan fingerprint density at radius 1 is 1.43 bits per heavy atom. The van der Waals surface area contributed by atoms with E-state index in [0.29, 0.717) is 4.68 Å². The van der Waals surface area contributed by atoms with Crippen molar-refractivity contribution in [2.24, 2.45) is 7.05 Å². The minimum absolute atomic E-state index is 0.0632. The van der Waals surface area contributed by atoms with Crippen molar-refractivity contribution >= 4 is 5.97 Å². The summed E-state index contributed by atoms with van der Waals surface area (Å²) in [6, 6.07) is 0. The van der Waals surface area contributed by atoms with E-state index in [1.165, 1.54) is 25.0 Å². The Morgan fingerprint density at radius 2 is 2.14 bits per heavy atom. The molecular weight excluding hydrogens is 293 g/mol. The summed E-state index contributed by atoms with van der Waals surface area (Å²) in [7, 11) is 1.53. The fourth-order valence-electron chi connectivity index (χ4n) is 1.64. The maximum Gasteiger partial charge on any atom is 0.435 e. The number of alkyl halides is 3. The zero-order chi connectivity index (χ0) is 15.6. The lowest BCUT2D eigenvalue weighted by Crippen LogP contribution is -2.21. The molecule has 0 bridgehead atoms. The summed E-state index contributed by atoms with van der Waals surface area (Å²) < 4.78 is 45.8. The van der Waals surface area contributed by atoms with Crippen LogP contribution in [0.5, 0.6) is 0 Å². The number of carbonyl (C=O) groups is 1. The molecule has 0 aliphatic carbocycles. The first-order valence-electron chi connectivity index (χ1n) is 5.85. The zero-order valence-electron chi connectivity index (χ0n) is 11.1. The molecule has 0 saturated heterocycles. The van der Waals surface area contributed by atoms with Gasteiger partial charge in [0.1, 0.15) is 18.7 Å². The van der Waals surface area contributed by atoms with Crippen LogP contribution in [0.3, 0.4) is 0 Å². The molecule has 21 heavy (non-hydrogen) atoms. The van der Waals surface area contributed by atoms with Gasteiger partial charge in [-0.1, -0.05) is 5.21 Å². The van der Waals surface area contributed by atoms with Crippen molar-refractivity contribution < 1.29 is 22.7 Å². The van der Waals surface area contributed by atoms with Crippen molar-refractivity contribution in [1.29, 1.82) is 0 Å². The van der Waals surface area contributed by atoms with Gasteiger partial charge < -0.3 is 4.74 Å². The Hall–Kier alpha value is -2.46. The lowest BCUT2D eigenvalue weighted by Gasteiger charge is -2.10. The summed E-state index contributed by atoms with van der Waals surface area (Å²) in [5.41, 5.74) is -2.14. The smallest absolute Gasteiger partial charge is 0.435 e. The van der Waals surface area contributed by atoms with Crippen molar-refractivity contribution in [1.82, 2.24) is 29.8 Å². The molecule has 0 saturated carbocycles. The van der Waals surface area contributed by atoms with Gasteiger partial charge in [-0.2, -0.15) is 18.3 Å². The van der Waals surface area contributed by atoms with Crippen molar-refractivity contribution in [3.63, 3.8) is 0 Å². The molecule has 0 atom stereocenters. The van der Waals surface area contributed by atoms with Crippen LogP contribution in [0.2, 0.25) is 0 Å². The Labute approximate surface area is 116 Å². The summed E-state index contributed by atoms with van der Waals surface area (Å²) in [6.45, 7) is 1.10. The number of hydrogen-bond donors (Lipinski definition) is 0. The molecule has 0 unspecified atom stereocenters. The third kappa shape index (κ3) is 3.01. The first-order chi connectivity index (χ1) is 9.84. The summed E-state index contributed by atoms with van der Waals surface area (Å²) in [4.78, 5) is 15.3. The normalized spacial score (nSPS) is 11.7. The fraction of sp³-hybridized carbons (Fsp3) is 0.500. The summed E-state index contributed by atoms with van der Waals surface area (Å²) in [6.07, 6.45) is -3.60. The molecular formula is C10H11F3N6O2. The van der Waals surface area contributed by atoms with Gasteiger partial charge in [0.15, 0.2) is 5.69 Å². The molecule has 0 spiro atoms. The van der Waals surface area contributed by atoms with E-state index in [-0.39, 0.29) is 19.0 Å². The third-order valence-electron chi connectivity index (χ3n) is 2.57. The predicted octanol–water partition coefficient (Wildman–Crippen LogP) is 0.650. The second kappa shape index (κ2) is 5.50. The maximum atomic E-state index is 13.1. The maximum absolute atomic E-state index is 13.1. The number of halogens is 3. The molecule has 114 valence electrons. The van der Waals surface area contributed by atoms with Crippen LogP contribution in [0, 0.1) is 0 Å². The van der Waals surface area contributed by atoms with Gasteiger partial charge in [-0.3, -0.25) is 4.68 Å². The van der Waals surface area contributed by atoms with Crippen LogP contribution in [0.1, 0.15) is 28.9 Å². The molecule has 0 aliphatic rings. The molecule has 0 aliphatic heterocycles. The van der Waals surface area contributed by atoms with Gasteiger partial charge in [0, 0.05) is 7.05 Å². The van der Waals surface area contributed by atoms with Crippen LogP contribution in [-0.2, 0) is 24.5 Å². The molecule has 0 fully saturated rings. The van der Waals surface area contributed by atoms with E-state index in [1.807, 2.05) is 0 Å². The van der Waals surface area contributed by atoms with Gasteiger partial charge in [0.25, 0.3) is 0 Å². The molecule has 0 aromatic carbocycles. The van der Waals surface area contributed by atoms with Crippen molar-refractivity contribution in [2.75, 3.05) is 6.61 Å². The molecule has 2 aromatic heterocycles. The van der Waals surface area contributed by atoms with Gasteiger partial charge in [-0.15, -0.1) is 5.10 Å². The average molecular weight is 304 g/mol. The predicted molar refractivity (Wildman–Crippen MR) is 61.1 cm³/mol. The number of ether oxygens (including phenoxy) is 1. The SMILES string of the molecule is CCOC(=O)c1nnn(Cc2ncnn2C)c1C(F)(F)F. The van der Waals surface area contributed by atoms with Gasteiger partial charge in [-0.05, 0) is 6.92 Å². The highest BCUT2D eigenvalue weighted by molar-refractivity contribution is 5.88. The summed E-state index contributed by atoms with van der Waals surface area (Å²) in [5, 5.41) is 10.4. The van der Waals surface area contributed by atoms with E-state index in [1.54, 1.807) is 0 Å². The van der Waals surface area contributed by atoms with Crippen molar-refractivity contribution in [3.05, 3.63) is 23.5 Å². The number of rotatable bonds is 4. The lowest BCUT2D eigenvalue weighted by molar-refractivity contribution is -0.144. The first-order valence-corrected chi connectivity index (χ1v) is 5.85. The van der Waals surface area contributed by atoms with Crippen LogP contribution in [0.15, 0.2) is 6.33 Å². The number of hydrogen-bond acceptors (Lipinski definition) is 6. The van der Waals surface area contributed by atoms with Crippen LogP contribution < -0.4 is 0 Å². The largest absolute Gasteiger partial charge is 0.461 e.